The minimum Gasteiger partial charge on any atom is -0.340 e. The van der Waals surface area contributed by atoms with Gasteiger partial charge in [-0.15, -0.1) is 0 Å². The van der Waals surface area contributed by atoms with Crippen LogP contribution >= 0.6 is 11.3 Å². The van der Waals surface area contributed by atoms with Gasteiger partial charge in [-0.3, -0.25) is 9.69 Å². The van der Waals surface area contributed by atoms with Crippen LogP contribution in [-0.2, 0) is 11.3 Å². The fourth-order valence-electron chi connectivity index (χ4n) is 3.32. The van der Waals surface area contributed by atoms with Crippen LogP contribution in [0.1, 0.15) is 18.4 Å². The van der Waals surface area contributed by atoms with Gasteiger partial charge in [-0.25, -0.2) is 0 Å². The highest BCUT2D eigenvalue weighted by atomic mass is 32.1. The topological polar surface area (TPSA) is 35.6 Å². The second kappa shape index (κ2) is 6.24. The summed E-state index contributed by atoms with van der Waals surface area (Å²) in [7, 11) is 1.90. The van der Waals surface area contributed by atoms with Crippen LogP contribution in [0.4, 0.5) is 0 Å². The molecule has 2 fully saturated rings. The highest BCUT2D eigenvalue weighted by molar-refractivity contribution is 7.07. The van der Waals surface area contributed by atoms with E-state index < -0.39 is 0 Å². The first kappa shape index (κ1) is 14.0. The third-order valence-electron chi connectivity index (χ3n) is 4.46. The Hall–Kier alpha value is -0.910. The summed E-state index contributed by atoms with van der Waals surface area (Å²) in [5, 5.41) is 7.75. The van der Waals surface area contributed by atoms with E-state index in [4.69, 9.17) is 0 Å². The number of thiophene rings is 1. The molecule has 0 radical (unpaired) electrons. The SMILES string of the molecule is CN(Cc1ccsc1)C(=O)CN1CC2CCCNC2C1. The Bertz CT molecular complexity index is 434. The first-order chi connectivity index (χ1) is 9.72. The summed E-state index contributed by atoms with van der Waals surface area (Å²) >= 11 is 1.68. The van der Waals surface area contributed by atoms with E-state index in [-0.39, 0.29) is 5.91 Å². The van der Waals surface area contributed by atoms with Crippen LogP contribution in [-0.4, -0.2) is 55.0 Å². The number of likely N-dealkylation sites (N-methyl/N-ethyl adjacent to an activating group) is 1. The number of fused-ring (bicyclic) bond motifs is 1. The van der Waals surface area contributed by atoms with Crippen LogP contribution in [0.15, 0.2) is 16.8 Å². The molecule has 0 spiro atoms. The van der Waals surface area contributed by atoms with Crippen LogP contribution < -0.4 is 5.32 Å². The molecule has 5 heteroatoms. The van der Waals surface area contributed by atoms with E-state index in [1.165, 1.54) is 18.4 Å². The molecule has 2 saturated heterocycles. The monoisotopic (exact) mass is 293 g/mol. The summed E-state index contributed by atoms with van der Waals surface area (Å²) in [6, 6.07) is 2.70. The van der Waals surface area contributed by atoms with E-state index in [1.54, 1.807) is 11.3 Å². The maximum Gasteiger partial charge on any atom is 0.236 e. The van der Waals surface area contributed by atoms with E-state index in [1.807, 2.05) is 11.9 Å². The normalized spacial score (nSPS) is 26.4. The minimum absolute atomic E-state index is 0.231. The Morgan fingerprint density at radius 2 is 2.45 bits per heavy atom. The molecule has 1 aromatic heterocycles. The maximum absolute atomic E-state index is 12.3. The van der Waals surface area contributed by atoms with Gasteiger partial charge >= 0.3 is 0 Å². The summed E-state index contributed by atoms with van der Waals surface area (Å²) < 4.78 is 0. The number of hydrogen-bond donors (Lipinski definition) is 1. The lowest BCUT2D eigenvalue weighted by atomic mass is 9.94. The smallest absolute Gasteiger partial charge is 0.236 e. The number of piperidine rings is 1. The molecule has 1 N–H and O–H groups in total. The molecule has 2 unspecified atom stereocenters. The van der Waals surface area contributed by atoms with Gasteiger partial charge < -0.3 is 10.2 Å². The number of carbonyl (C=O) groups is 1. The van der Waals surface area contributed by atoms with Crippen LogP contribution in [0.25, 0.3) is 0 Å². The van der Waals surface area contributed by atoms with Crippen molar-refractivity contribution < 1.29 is 4.79 Å². The molecule has 2 atom stereocenters. The lowest BCUT2D eigenvalue weighted by Gasteiger charge is -2.24. The molecule has 20 heavy (non-hydrogen) atoms. The summed E-state index contributed by atoms with van der Waals surface area (Å²) in [6.45, 7) is 4.54. The molecule has 0 aromatic carbocycles. The molecule has 0 bridgehead atoms. The van der Waals surface area contributed by atoms with Gasteiger partial charge in [0.05, 0.1) is 6.54 Å². The number of nitrogens with one attached hydrogen (secondary N) is 1. The zero-order valence-electron chi connectivity index (χ0n) is 12.0. The zero-order valence-corrected chi connectivity index (χ0v) is 12.9. The first-order valence-electron chi connectivity index (χ1n) is 7.43. The molecular formula is C15H23N3OS. The van der Waals surface area contributed by atoms with Gasteiger partial charge in [0.15, 0.2) is 0 Å². The molecule has 2 aliphatic rings. The molecule has 110 valence electrons. The van der Waals surface area contributed by atoms with E-state index in [0.717, 1.165) is 32.1 Å². The zero-order chi connectivity index (χ0) is 13.9. The molecule has 2 aliphatic heterocycles. The van der Waals surface area contributed by atoms with E-state index in [9.17, 15) is 4.79 Å². The lowest BCUT2D eigenvalue weighted by molar-refractivity contribution is -0.131. The van der Waals surface area contributed by atoms with Gasteiger partial charge in [0.25, 0.3) is 0 Å². The molecule has 0 saturated carbocycles. The Morgan fingerprint density at radius 1 is 1.55 bits per heavy atom. The molecule has 0 aliphatic carbocycles. The van der Waals surface area contributed by atoms with E-state index in [2.05, 4.69) is 27.0 Å². The molecular weight excluding hydrogens is 270 g/mol. The number of hydrogen-bond acceptors (Lipinski definition) is 4. The van der Waals surface area contributed by atoms with Gasteiger partial charge in [-0.1, -0.05) is 0 Å². The van der Waals surface area contributed by atoms with Crippen molar-refractivity contribution in [3.05, 3.63) is 22.4 Å². The van der Waals surface area contributed by atoms with Crippen molar-refractivity contribution in [3.8, 4) is 0 Å². The average molecular weight is 293 g/mol. The Morgan fingerprint density at radius 3 is 3.20 bits per heavy atom. The van der Waals surface area contributed by atoms with Crippen LogP contribution in [0, 0.1) is 5.92 Å². The third-order valence-corrected chi connectivity index (χ3v) is 5.19. The van der Waals surface area contributed by atoms with Crippen LogP contribution in [0.2, 0.25) is 0 Å². The van der Waals surface area contributed by atoms with Crippen molar-refractivity contribution in [2.45, 2.75) is 25.4 Å². The van der Waals surface area contributed by atoms with E-state index >= 15 is 0 Å². The number of carbonyl (C=O) groups excluding carboxylic acids is 1. The van der Waals surface area contributed by atoms with E-state index in [0.29, 0.717) is 12.6 Å². The maximum atomic E-state index is 12.3. The van der Waals surface area contributed by atoms with Crippen molar-refractivity contribution in [1.29, 1.82) is 0 Å². The second-order valence-corrected chi connectivity index (χ2v) is 6.82. The minimum atomic E-state index is 0.231. The van der Waals surface area contributed by atoms with Crippen LogP contribution in [0.5, 0.6) is 0 Å². The molecule has 3 rings (SSSR count). The summed E-state index contributed by atoms with van der Waals surface area (Å²) in [6.07, 6.45) is 2.59. The lowest BCUT2D eigenvalue weighted by Crippen LogP contribution is -2.41. The van der Waals surface area contributed by atoms with Gasteiger partial charge in [-0.2, -0.15) is 11.3 Å². The average Bonchev–Trinajstić information content (AvgIpc) is 3.06. The fraction of sp³-hybridized carbons (Fsp3) is 0.667. The summed E-state index contributed by atoms with van der Waals surface area (Å²) in [5.41, 5.74) is 1.22. The Balaban J connectivity index is 1.49. The predicted octanol–water partition coefficient (Wildman–Crippen LogP) is 1.39. The molecule has 1 aromatic rings. The van der Waals surface area contributed by atoms with Gasteiger partial charge in [0, 0.05) is 32.7 Å². The van der Waals surface area contributed by atoms with Crippen molar-refractivity contribution in [3.63, 3.8) is 0 Å². The summed E-state index contributed by atoms with van der Waals surface area (Å²) in [5.74, 6) is 0.980. The third kappa shape index (κ3) is 3.22. The molecule has 3 heterocycles. The highest BCUT2D eigenvalue weighted by Crippen LogP contribution is 2.24. The largest absolute Gasteiger partial charge is 0.340 e. The summed E-state index contributed by atoms with van der Waals surface area (Å²) in [4.78, 5) is 16.5. The van der Waals surface area contributed by atoms with Gasteiger partial charge in [0.1, 0.15) is 0 Å². The van der Waals surface area contributed by atoms with Gasteiger partial charge in [0.2, 0.25) is 5.91 Å². The van der Waals surface area contributed by atoms with Crippen molar-refractivity contribution in [1.82, 2.24) is 15.1 Å². The Kier molecular flexibility index (Phi) is 4.38. The molecule has 4 nitrogen and oxygen atoms in total. The van der Waals surface area contributed by atoms with Crippen molar-refractivity contribution in [2.75, 3.05) is 33.2 Å². The van der Waals surface area contributed by atoms with Crippen molar-refractivity contribution in [2.24, 2.45) is 5.92 Å². The number of amides is 1. The predicted molar refractivity (Wildman–Crippen MR) is 81.7 cm³/mol. The van der Waals surface area contributed by atoms with Crippen molar-refractivity contribution >= 4 is 17.2 Å². The standard InChI is InChI=1S/C15H23N3OS/c1-17(7-12-4-6-20-11-12)15(19)10-18-8-13-3-2-5-16-14(13)9-18/h4,6,11,13-14,16H,2-3,5,7-10H2,1H3. The number of likely N-dealkylation sites (tertiary alicyclic amines) is 1. The number of rotatable bonds is 4. The Labute approximate surface area is 124 Å². The van der Waals surface area contributed by atoms with Gasteiger partial charge in [-0.05, 0) is 47.7 Å². The quantitative estimate of drug-likeness (QED) is 0.911. The molecule has 1 amide bonds. The second-order valence-electron chi connectivity index (χ2n) is 6.04. The van der Waals surface area contributed by atoms with Crippen LogP contribution in [0.3, 0.4) is 0 Å². The fourth-order valence-corrected chi connectivity index (χ4v) is 3.98. The number of nitrogens with zero attached hydrogens (tertiary/aromatic N) is 2. The first-order valence-corrected chi connectivity index (χ1v) is 8.37. The highest BCUT2D eigenvalue weighted by Gasteiger charge is 2.34.